The molecule has 1 atom stereocenters. The van der Waals surface area contributed by atoms with Crippen molar-refractivity contribution in [2.45, 2.75) is 26.6 Å². The van der Waals surface area contributed by atoms with Crippen LogP contribution in [0.1, 0.15) is 32.3 Å². The van der Waals surface area contributed by atoms with E-state index in [1.165, 1.54) is 19.3 Å². The Bertz CT molecular complexity index is 483. The molecule has 1 aromatic heterocycles. The Morgan fingerprint density at radius 3 is 2.35 bits per heavy atom. The highest BCUT2D eigenvalue weighted by Gasteiger charge is 2.36. The van der Waals surface area contributed by atoms with Crippen molar-refractivity contribution >= 4 is 19.3 Å². The largest absolute Gasteiger partial charge is 0.375 e. The number of anilines is 1. The average molecular weight is 303 g/mol. The van der Waals surface area contributed by atoms with E-state index in [9.17, 15) is 14.5 Å². The van der Waals surface area contributed by atoms with Crippen molar-refractivity contribution in [3.63, 3.8) is 0 Å². The van der Waals surface area contributed by atoms with E-state index in [0.29, 0.717) is 0 Å². The molecule has 0 aromatic carbocycles. The number of hydrogen-bond acceptors (Lipinski definition) is 7. The molecule has 0 aliphatic heterocycles. The van der Waals surface area contributed by atoms with Gasteiger partial charge in [0, 0.05) is 6.92 Å². The SMILES string of the molecule is CCOP(=O)(OCC)C(O)c1cnc(NC(C)=O)cn1. The van der Waals surface area contributed by atoms with Crippen molar-refractivity contribution in [2.75, 3.05) is 18.5 Å². The van der Waals surface area contributed by atoms with Gasteiger partial charge in [0.15, 0.2) is 11.7 Å². The molecule has 1 amide bonds. The van der Waals surface area contributed by atoms with E-state index >= 15 is 0 Å². The number of amides is 1. The summed E-state index contributed by atoms with van der Waals surface area (Å²) in [5.41, 5.74) is 0.0457. The fourth-order valence-electron chi connectivity index (χ4n) is 1.42. The Kier molecular flexibility index (Phi) is 6.22. The normalized spacial score (nSPS) is 13.0. The van der Waals surface area contributed by atoms with Gasteiger partial charge in [-0.3, -0.25) is 14.3 Å². The summed E-state index contributed by atoms with van der Waals surface area (Å²) >= 11 is 0. The second-order valence-corrected chi connectivity index (χ2v) is 5.84. The minimum Gasteiger partial charge on any atom is -0.375 e. The molecule has 9 heteroatoms. The molecule has 0 saturated heterocycles. The van der Waals surface area contributed by atoms with Gasteiger partial charge in [0.05, 0.1) is 31.3 Å². The van der Waals surface area contributed by atoms with Gasteiger partial charge in [-0.25, -0.2) is 4.98 Å². The van der Waals surface area contributed by atoms with Crippen LogP contribution in [0.4, 0.5) is 5.82 Å². The van der Waals surface area contributed by atoms with Crippen LogP contribution in [0.2, 0.25) is 0 Å². The maximum absolute atomic E-state index is 12.3. The first-order chi connectivity index (χ1) is 9.42. The summed E-state index contributed by atoms with van der Waals surface area (Å²) in [5, 5.41) is 12.5. The van der Waals surface area contributed by atoms with Crippen molar-refractivity contribution in [2.24, 2.45) is 0 Å². The number of carbonyl (C=O) groups excluding carboxylic acids is 1. The standard InChI is InChI=1S/C11H18N3O5P/c1-4-18-20(17,19-5-2)11(16)9-6-13-10(7-12-9)14-8(3)15/h6-7,11,16H,4-5H2,1-3H3,(H,13,14,15). The highest BCUT2D eigenvalue weighted by molar-refractivity contribution is 7.54. The van der Waals surface area contributed by atoms with Gasteiger partial charge in [-0.2, -0.15) is 0 Å². The first-order valence-corrected chi connectivity index (χ1v) is 7.70. The van der Waals surface area contributed by atoms with Crippen molar-refractivity contribution in [1.29, 1.82) is 0 Å². The number of aliphatic hydroxyl groups excluding tert-OH is 1. The van der Waals surface area contributed by atoms with Gasteiger partial charge in [0.1, 0.15) is 0 Å². The van der Waals surface area contributed by atoms with Crippen LogP contribution >= 0.6 is 7.60 Å². The van der Waals surface area contributed by atoms with Crippen LogP contribution in [-0.4, -0.2) is 34.2 Å². The zero-order chi connectivity index (χ0) is 15.2. The van der Waals surface area contributed by atoms with Gasteiger partial charge in [0.2, 0.25) is 5.91 Å². The molecule has 8 nitrogen and oxygen atoms in total. The zero-order valence-electron chi connectivity index (χ0n) is 11.6. The van der Waals surface area contributed by atoms with Crippen molar-refractivity contribution < 1.29 is 23.5 Å². The summed E-state index contributed by atoms with van der Waals surface area (Å²) in [5.74, 6) is -1.58. The molecular weight excluding hydrogens is 285 g/mol. The first kappa shape index (κ1) is 16.7. The predicted molar refractivity (Wildman–Crippen MR) is 72.2 cm³/mol. The molecule has 0 aliphatic carbocycles. The molecule has 2 N–H and O–H groups in total. The summed E-state index contributed by atoms with van der Waals surface area (Å²) in [6.45, 7) is 4.88. The molecule has 1 rings (SSSR count). The third-order valence-electron chi connectivity index (χ3n) is 2.16. The first-order valence-electron chi connectivity index (χ1n) is 6.09. The van der Waals surface area contributed by atoms with Gasteiger partial charge in [-0.15, -0.1) is 0 Å². The summed E-state index contributed by atoms with van der Waals surface area (Å²) in [7, 11) is -3.71. The molecule has 0 saturated carbocycles. The van der Waals surface area contributed by atoms with Crippen LogP contribution in [0.15, 0.2) is 12.4 Å². The quantitative estimate of drug-likeness (QED) is 0.737. The van der Waals surface area contributed by atoms with Crippen LogP contribution in [0.25, 0.3) is 0 Å². The summed E-state index contributed by atoms with van der Waals surface area (Å²) in [6, 6.07) is 0. The molecule has 1 aromatic rings. The van der Waals surface area contributed by atoms with E-state index < -0.39 is 13.4 Å². The number of carbonyl (C=O) groups is 1. The molecule has 0 aliphatic rings. The summed E-state index contributed by atoms with van der Waals surface area (Å²) < 4.78 is 22.4. The minimum absolute atomic E-state index is 0.0457. The maximum atomic E-state index is 12.3. The highest BCUT2D eigenvalue weighted by atomic mass is 31.2. The lowest BCUT2D eigenvalue weighted by Gasteiger charge is -2.21. The van der Waals surface area contributed by atoms with Gasteiger partial charge >= 0.3 is 7.60 Å². The second-order valence-electron chi connectivity index (χ2n) is 3.76. The van der Waals surface area contributed by atoms with Crippen LogP contribution in [0.5, 0.6) is 0 Å². The third-order valence-corrected chi connectivity index (χ3v) is 4.26. The predicted octanol–water partition coefficient (Wildman–Crippen LogP) is 1.69. The number of hydrogen-bond donors (Lipinski definition) is 2. The second kappa shape index (κ2) is 7.44. The number of nitrogens with zero attached hydrogens (tertiary/aromatic N) is 2. The van der Waals surface area contributed by atoms with Gasteiger partial charge in [0.25, 0.3) is 0 Å². The molecule has 112 valence electrons. The Morgan fingerprint density at radius 2 is 1.95 bits per heavy atom. The number of rotatable bonds is 7. The molecule has 20 heavy (non-hydrogen) atoms. The fourth-order valence-corrected chi connectivity index (χ4v) is 2.95. The zero-order valence-corrected chi connectivity index (χ0v) is 12.5. The van der Waals surface area contributed by atoms with E-state index in [2.05, 4.69) is 15.3 Å². The minimum atomic E-state index is -3.71. The lowest BCUT2D eigenvalue weighted by molar-refractivity contribution is -0.114. The highest BCUT2D eigenvalue weighted by Crippen LogP contribution is 2.59. The van der Waals surface area contributed by atoms with Crippen molar-refractivity contribution in [3.05, 3.63) is 18.1 Å². The van der Waals surface area contributed by atoms with Crippen molar-refractivity contribution in [1.82, 2.24) is 9.97 Å². The average Bonchev–Trinajstić information content (AvgIpc) is 2.38. The van der Waals surface area contributed by atoms with Crippen LogP contribution in [0.3, 0.4) is 0 Å². The Labute approximate surface area is 117 Å². The van der Waals surface area contributed by atoms with Crippen LogP contribution in [0, 0.1) is 0 Å². The smallest absolute Gasteiger partial charge is 0.365 e. The van der Waals surface area contributed by atoms with Crippen LogP contribution in [-0.2, 0) is 18.4 Å². The van der Waals surface area contributed by atoms with Crippen LogP contribution < -0.4 is 5.32 Å². The lowest BCUT2D eigenvalue weighted by atomic mass is 10.5. The molecule has 0 spiro atoms. The Morgan fingerprint density at radius 1 is 1.35 bits per heavy atom. The van der Waals surface area contributed by atoms with Gasteiger partial charge in [-0.05, 0) is 13.8 Å². The van der Waals surface area contributed by atoms with Gasteiger partial charge < -0.3 is 19.5 Å². The monoisotopic (exact) mass is 303 g/mol. The fraction of sp³-hybridized carbons (Fsp3) is 0.545. The number of aliphatic hydroxyl groups is 1. The summed E-state index contributed by atoms with van der Waals surface area (Å²) in [6.07, 6.45) is 2.46. The van der Waals surface area contributed by atoms with Gasteiger partial charge in [-0.1, -0.05) is 0 Å². The lowest BCUT2D eigenvalue weighted by Crippen LogP contribution is -2.11. The molecular formula is C11H18N3O5P. The number of aromatic nitrogens is 2. The van der Waals surface area contributed by atoms with E-state index in [0.717, 1.165) is 0 Å². The summed E-state index contributed by atoms with van der Waals surface area (Å²) in [4.78, 5) is 18.6. The molecule has 1 unspecified atom stereocenters. The van der Waals surface area contributed by atoms with E-state index in [1.54, 1.807) is 13.8 Å². The third kappa shape index (κ3) is 4.35. The van der Waals surface area contributed by atoms with E-state index in [-0.39, 0.29) is 30.6 Å². The topological polar surface area (TPSA) is 111 Å². The van der Waals surface area contributed by atoms with Crippen molar-refractivity contribution in [3.8, 4) is 0 Å². The molecule has 1 heterocycles. The maximum Gasteiger partial charge on any atom is 0.365 e. The van der Waals surface area contributed by atoms with E-state index in [4.69, 9.17) is 9.05 Å². The number of nitrogens with one attached hydrogen (secondary N) is 1. The Hall–Kier alpha value is -1.34. The molecule has 0 fully saturated rings. The van der Waals surface area contributed by atoms with E-state index in [1.807, 2.05) is 0 Å². The molecule has 0 radical (unpaired) electrons. The molecule has 0 bridgehead atoms. The Balaban J connectivity index is 2.92.